The third-order valence-corrected chi connectivity index (χ3v) is 11.7. The number of rotatable bonds is 4. The zero-order valence-corrected chi connectivity index (χ0v) is 21.9. The highest BCUT2D eigenvalue weighted by molar-refractivity contribution is 5.36. The molecule has 0 amide bonds. The van der Waals surface area contributed by atoms with Crippen LogP contribution in [0.15, 0.2) is 22.8 Å². The van der Waals surface area contributed by atoms with Gasteiger partial charge in [0.1, 0.15) is 0 Å². The summed E-state index contributed by atoms with van der Waals surface area (Å²) in [5.74, 6) is 2.21. The Labute approximate surface area is 193 Å². The second kappa shape index (κ2) is 7.75. The van der Waals surface area contributed by atoms with Crippen molar-refractivity contribution in [3.63, 3.8) is 0 Å². The second-order valence-corrected chi connectivity index (χ2v) is 13.6. The molecule has 0 aliphatic heterocycles. The highest BCUT2D eigenvalue weighted by Crippen LogP contribution is 2.74. The molecule has 0 radical (unpaired) electrons. The molecule has 1 nitrogen and oxygen atoms in total. The number of hydrogen-bond acceptors (Lipinski definition) is 1. The quantitative estimate of drug-likeness (QED) is 0.447. The van der Waals surface area contributed by atoms with Crippen LogP contribution in [0.3, 0.4) is 0 Å². The lowest BCUT2D eigenvalue weighted by molar-refractivity contribution is -0.200. The molecule has 0 spiro atoms. The number of aliphatic hydroxyl groups excluding tert-OH is 1. The van der Waals surface area contributed by atoms with Gasteiger partial charge in [-0.2, -0.15) is 0 Å². The summed E-state index contributed by atoms with van der Waals surface area (Å²) >= 11 is 0. The van der Waals surface area contributed by atoms with Crippen molar-refractivity contribution in [1.82, 2.24) is 0 Å². The summed E-state index contributed by atoms with van der Waals surface area (Å²) in [5, 5.41) is 10.8. The van der Waals surface area contributed by atoms with E-state index in [-0.39, 0.29) is 11.5 Å². The Morgan fingerprint density at radius 2 is 1.68 bits per heavy atom. The number of aliphatic hydroxyl groups is 1. The molecule has 3 saturated carbocycles. The molecule has 0 aromatic heterocycles. The van der Waals surface area contributed by atoms with E-state index in [1.165, 1.54) is 63.4 Å². The Morgan fingerprint density at radius 3 is 2.35 bits per heavy atom. The van der Waals surface area contributed by atoms with Crippen LogP contribution in [0.2, 0.25) is 0 Å². The SMILES string of the molecule is CC(C)=CCC[C@@H](C)C1=C2CC[C@H]3[C@@]4(C)CCC(O)C(C)(C)[C@@H]4CC[C@]3(C)[C@@]2(C)CC1. The molecule has 4 rings (SSSR count). The Morgan fingerprint density at radius 1 is 0.968 bits per heavy atom. The molecule has 4 aliphatic rings. The van der Waals surface area contributed by atoms with Gasteiger partial charge in [-0.3, -0.25) is 0 Å². The maximum atomic E-state index is 10.8. The molecular formula is C30H50O. The zero-order chi connectivity index (χ0) is 22.8. The van der Waals surface area contributed by atoms with Crippen LogP contribution in [0.25, 0.3) is 0 Å². The first-order valence-corrected chi connectivity index (χ1v) is 13.4. The predicted octanol–water partition coefficient (Wildman–Crippen LogP) is 8.48. The normalized spacial score (nSPS) is 44.9. The van der Waals surface area contributed by atoms with E-state index in [0.717, 1.165) is 18.3 Å². The third-order valence-electron chi connectivity index (χ3n) is 11.7. The standard InChI is InChI=1S/C30H50O/c1-20(2)10-9-11-21(3)22-14-18-29(7)23(22)12-13-25-28(6)17-16-26(31)27(4,5)24(28)15-19-30(25,29)8/h10,21,24-26,31H,9,11-19H2,1-8H3/t21-,24+,25+,26?,28+,29+,30+/m1/s1. The van der Waals surface area contributed by atoms with Crippen LogP contribution in [0.4, 0.5) is 0 Å². The van der Waals surface area contributed by atoms with Crippen molar-refractivity contribution in [1.29, 1.82) is 0 Å². The average Bonchev–Trinajstić information content (AvgIpc) is 3.03. The first kappa shape index (κ1) is 23.6. The van der Waals surface area contributed by atoms with Crippen molar-refractivity contribution in [2.45, 2.75) is 126 Å². The van der Waals surface area contributed by atoms with Gasteiger partial charge in [-0.1, -0.05) is 64.3 Å². The van der Waals surface area contributed by atoms with Crippen LogP contribution in [0.5, 0.6) is 0 Å². The molecule has 1 N–H and O–H groups in total. The van der Waals surface area contributed by atoms with Crippen molar-refractivity contribution >= 4 is 0 Å². The lowest BCUT2D eigenvalue weighted by atomic mass is 9.36. The maximum Gasteiger partial charge on any atom is 0.0594 e. The van der Waals surface area contributed by atoms with Gasteiger partial charge >= 0.3 is 0 Å². The van der Waals surface area contributed by atoms with Gasteiger partial charge in [-0.05, 0) is 117 Å². The smallest absolute Gasteiger partial charge is 0.0594 e. The van der Waals surface area contributed by atoms with Crippen molar-refractivity contribution in [2.24, 2.45) is 39.4 Å². The van der Waals surface area contributed by atoms with Gasteiger partial charge in [-0.15, -0.1) is 0 Å². The molecule has 0 bridgehead atoms. The minimum Gasteiger partial charge on any atom is -0.393 e. The molecule has 3 fully saturated rings. The first-order chi connectivity index (χ1) is 14.4. The van der Waals surface area contributed by atoms with Crippen molar-refractivity contribution in [2.75, 3.05) is 0 Å². The average molecular weight is 427 g/mol. The zero-order valence-electron chi connectivity index (χ0n) is 21.9. The topological polar surface area (TPSA) is 20.2 Å². The molecule has 0 aromatic rings. The van der Waals surface area contributed by atoms with E-state index >= 15 is 0 Å². The van der Waals surface area contributed by atoms with Gasteiger partial charge in [-0.25, -0.2) is 0 Å². The fourth-order valence-corrected chi connectivity index (χ4v) is 9.59. The Balaban J connectivity index is 1.64. The lowest BCUT2D eigenvalue weighted by Gasteiger charge is -2.69. The van der Waals surface area contributed by atoms with Gasteiger partial charge in [0, 0.05) is 0 Å². The van der Waals surface area contributed by atoms with Crippen molar-refractivity contribution in [3.8, 4) is 0 Å². The van der Waals surface area contributed by atoms with E-state index in [1.807, 2.05) is 11.1 Å². The highest BCUT2D eigenvalue weighted by atomic mass is 16.3. The minimum absolute atomic E-state index is 0.0611. The lowest BCUT2D eigenvalue weighted by Crippen LogP contribution is -2.62. The number of allylic oxidation sites excluding steroid dienone is 4. The van der Waals surface area contributed by atoms with E-state index in [1.54, 1.807) is 0 Å². The largest absolute Gasteiger partial charge is 0.393 e. The minimum atomic E-state index is -0.121. The molecular weight excluding hydrogens is 376 g/mol. The Kier molecular flexibility index (Phi) is 5.90. The molecule has 4 aliphatic carbocycles. The van der Waals surface area contributed by atoms with Crippen LogP contribution < -0.4 is 0 Å². The Bertz CT molecular complexity index is 767. The van der Waals surface area contributed by atoms with E-state index in [2.05, 4.69) is 61.5 Å². The summed E-state index contributed by atoms with van der Waals surface area (Å²) in [5.41, 5.74) is 6.45. The molecule has 1 heteroatoms. The molecule has 0 heterocycles. The van der Waals surface area contributed by atoms with Crippen LogP contribution in [0, 0.1) is 39.4 Å². The van der Waals surface area contributed by atoms with Crippen LogP contribution >= 0.6 is 0 Å². The predicted molar refractivity (Wildman–Crippen MR) is 133 cm³/mol. The summed E-state index contributed by atoms with van der Waals surface area (Å²) in [7, 11) is 0. The summed E-state index contributed by atoms with van der Waals surface area (Å²) in [4.78, 5) is 0. The summed E-state index contributed by atoms with van der Waals surface area (Å²) in [6, 6.07) is 0. The summed E-state index contributed by atoms with van der Waals surface area (Å²) in [6.45, 7) is 19.7. The van der Waals surface area contributed by atoms with Gasteiger partial charge in [0.25, 0.3) is 0 Å². The van der Waals surface area contributed by atoms with Gasteiger partial charge in [0.15, 0.2) is 0 Å². The molecule has 0 saturated heterocycles. The van der Waals surface area contributed by atoms with E-state index in [4.69, 9.17) is 0 Å². The molecule has 176 valence electrons. The van der Waals surface area contributed by atoms with E-state index in [0.29, 0.717) is 22.2 Å². The molecule has 1 unspecified atom stereocenters. The maximum absolute atomic E-state index is 10.8. The fourth-order valence-electron chi connectivity index (χ4n) is 9.59. The highest BCUT2D eigenvalue weighted by Gasteiger charge is 2.66. The molecule has 31 heavy (non-hydrogen) atoms. The van der Waals surface area contributed by atoms with Gasteiger partial charge in [0.2, 0.25) is 0 Å². The summed E-state index contributed by atoms with van der Waals surface area (Å²) in [6.07, 6.45) is 15.2. The van der Waals surface area contributed by atoms with Crippen molar-refractivity contribution in [3.05, 3.63) is 22.8 Å². The Hall–Kier alpha value is -0.560. The van der Waals surface area contributed by atoms with Crippen LogP contribution in [-0.4, -0.2) is 11.2 Å². The van der Waals surface area contributed by atoms with Crippen molar-refractivity contribution < 1.29 is 5.11 Å². The first-order valence-electron chi connectivity index (χ1n) is 13.4. The monoisotopic (exact) mass is 426 g/mol. The number of fused-ring (bicyclic) bond motifs is 5. The van der Waals surface area contributed by atoms with E-state index in [9.17, 15) is 5.11 Å². The summed E-state index contributed by atoms with van der Waals surface area (Å²) < 4.78 is 0. The van der Waals surface area contributed by atoms with Gasteiger partial charge < -0.3 is 5.11 Å². The molecule has 7 atom stereocenters. The number of hydrogen-bond donors (Lipinski definition) is 1. The van der Waals surface area contributed by atoms with Crippen LogP contribution in [-0.2, 0) is 0 Å². The van der Waals surface area contributed by atoms with E-state index < -0.39 is 0 Å². The van der Waals surface area contributed by atoms with Gasteiger partial charge in [0.05, 0.1) is 6.10 Å². The third kappa shape index (κ3) is 3.34. The second-order valence-electron chi connectivity index (χ2n) is 13.6. The fraction of sp³-hybridized carbons (Fsp3) is 0.867. The molecule has 0 aromatic carbocycles. The van der Waals surface area contributed by atoms with Crippen LogP contribution in [0.1, 0.15) is 120 Å².